The van der Waals surface area contributed by atoms with Gasteiger partial charge in [0, 0.05) is 30.2 Å². The smallest absolute Gasteiger partial charge is 0.244 e. The number of halogens is 2. The highest BCUT2D eigenvalue weighted by atomic mass is 35.5. The van der Waals surface area contributed by atoms with Gasteiger partial charge in [0.15, 0.2) is 0 Å². The van der Waals surface area contributed by atoms with E-state index in [2.05, 4.69) is 10.0 Å². The van der Waals surface area contributed by atoms with Gasteiger partial charge in [-0.15, -0.1) is 0 Å². The number of sulfonamides is 1. The molecule has 0 aromatic heterocycles. The highest BCUT2D eigenvalue weighted by molar-refractivity contribution is 7.89. The minimum absolute atomic E-state index is 0.307. The minimum Gasteiger partial charge on any atom is -0.381 e. The predicted molar refractivity (Wildman–Crippen MR) is 112 cm³/mol. The number of amides is 1. The van der Waals surface area contributed by atoms with Crippen molar-refractivity contribution in [2.24, 2.45) is 0 Å². The lowest BCUT2D eigenvalue weighted by atomic mass is 9.74. The van der Waals surface area contributed by atoms with E-state index in [1.54, 1.807) is 6.07 Å². The van der Waals surface area contributed by atoms with E-state index in [9.17, 15) is 17.6 Å². The second-order valence-corrected chi connectivity index (χ2v) is 9.51. The zero-order chi connectivity index (χ0) is 21.8. The zero-order valence-electron chi connectivity index (χ0n) is 16.5. The average Bonchev–Trinajstić information content (AvgIpc) is 2.72. The first-order chi connectivity index (χ1) is 14.2. The number of hydrogen-bond acceptors (Lipinski definition) is 4. The summed E-state index contributed by atoms with van der Waals surface area (Å²) < 4.78 is 46.4. The second kappa shape index (κ2) is 9.43. The summed E-state index contributed by atoms with van der Waals surface area (Å²) in [5, 5.41) is 3.45. The maximum atomic E-state index is 13.9. The Bertz CT molecular complexity index is 1010. The van der Waals surface area contributed by atoms with Crippen LogP contribution in [0.5, 0.6) is 0 Å². The van der Waals surface area contributed by atoms with Gasteiger partial charge < -0.3 is 10.1 Å². The van der Waals surface area contributed by atoms with Gasteiger partial charge in [-0.2, -0.15) is 4.72 Å². The Balaban J connectivity index is 1.70. The van der Waals surface area contributed by atoms with E-state index in [1.165, 1.54) is 19.1 Å². The Morgan fingerprint density at radius 1 is 1.20 bits per heavy atom. The van der Waals surface area contributed by atoms with Gasteiger partial charge in [0.1, 0.15) is 10.7 Å². The van der Waals surface area contributed by atoms with Crippen LogP contribution >= 0.6 is 11.6 Å². The lowest BCUT2D eigenvalue weighted by Gasteiger charge is -2.38. The lowest BCUT2D eigenvalue weighted by molar-refractivity contribution is -0.122. The molecule has 2 N–H and O–H groups in total. The van der Waals surface area contributed by atoms with Gasteiger partial charge in [-0.05, 0) is 49.6 Å². The zero-order valence-corrected chi connectivity index (χ0v) is 18.1. The molecule has 0 spiro atoms. The van der Waals surface area contributed by atoms with Crippen LogP contribution in [0, 0.1) is 5.82 Å². The molecular formula is C21H24ClFN2O4S. The number of carbonyl (C=O) groups excluding carboxylic acids is 1. The highest BCUT2D eigenvalue weighted by Gasteiger charge is 2.35. The molecular weight excluding hydrogens is 431 g/mol. The van der Waals surface area contributed by atoms with E-state index in [4.69, 9.17) is 16.3 Å². The molecule has 0 saturated carbocycles. The fourth-order valence-corrected chi connectivity index (χ4v) is 5.04. The molecule has 0 bridgehead atoms. The molecule has 9 heteroatoms. The Labute approximate surface area is 180 Å². The molecule has 2 aromatic rings. The van der Waals surface area contributed by atoms with Gasteiger partial charge in [-0.25, -0.2) is 12.8 Å². The summed E-state index contributed by atoms with van der Waals surface area (Å²) in [6.45, 7) is 2.83. The van der Waals surface area contributed by atoms with Crippen molar-refractivity contribution in [2.45, 2.75) is 36.1 Å². The third-order valence-electron chi connectivity index (χ3n) is 5.34. The van der Waals surface area contributed by atoms with Gasteiger partial charge in [0.25, 0.3) is 0 Å². The van der Waals surface area contributed by atoms with Crippen LogP contribution in [0.15, 0.2) is 53.4 Å². The Morgan fingerprint density at radius 2 is 1.90 bits per heavy atom. The van der Waals surface area contributed by atoms with Crippen molar-refractivity contribution < 1.29 is 22.3 Å². The summed E-state index contributed by atoms with van der Waals surface area (Å²) in [7, 11) is -4.17. The van der Waals surface area contributed by atoms with Gasteiger partial charge in [0.05, 0.1) is 6.04 Å². The average molecular weight is 455 g/mol. The van der Waals surface area contributed by atoms with Crippen LogP contribution in [0.2, 0.25) is 5.02 Å². The number of ether oxygens (including phenoxy) is 1. The maximum absolute atomic E-state index is 13.9. The summed E-state index contributed by atoms with van der Waals surface area (Å²) in [5.41, 5.74) is 0.640. The van der Waals surface area contributed by atoms with Crippen LogP contribution in [-0.4, -0.2) is 40.1 Å². The first kappa shape index (κ1) is 22.7. The molecule has 0 unspecified atom stereocenters. The van der Waals surface area contributed by atoms with E-state index in [-0.39, 0.29) is 5.41 Å². The summed E-state index contributed by atoms with van der Waals surface area (Å²) >= 11 is 6.16. The summed E-state index contributed by atoms with van der Waals surface area (Å²) in [5.74, 6) is -1.37. The monoisotopic (exact) mass is 454 g/mol. The molecule has 162 valence electrons. The number of benzene rings is 2. The van der Waals surface area contributed by atoms with Crippen molar-refractivity contribution in [3.8, 4) is 0 Å². The normalized spacial score (nSPS) is 17.3. The number of nitrogens with one attached hydrogen (secondary N) is 2. The molecule has 0 aliphatic carbocycles. The van der Waals surface area contributed by atoms with E-state index >= 15 is 0 Å². The standard InChI is InChI=1S/C21H24ClFN2O4S/c1-15(25-30(27,28)19-8-3-2-7-18(19)23)20(26)24-14-21(9-11-29-12-10-21)16-5-4-6-17(22)13-16/h2-8,13,15,25H,9-12,14H2,1H3,(H,24,26)/t15-/m0/s1. The van der Waals surface area contributed by atoms with Crippen molar-refractivity contribution in [3.05, 3.63) is 64.9 Å². The molecule has 1 saturated heterocycles. The van der Waals surface area contributed by atoms with Crippen molar-refractivity contribution in [1.82, 2.24) is 10.0 Å². The topological polar surface area (TPSA) is 84.5 Å². The predicted octanol–water partition coefficient (Wildman–Crippen LogP) is 3.01. The Morgan fingerprint density at radius 3 is 2.57 bits per heavy atom. The van der Waals surface area contributed by atoms with Crippen LogP contribution in [0.4, 0.5) is 4.39 Å². The van der Waals surface area contributed by atoms with E-state index in [0.717, 1.165) is 17.7 Å². The number of rotatable bonds is 7. The molecule has 6 nitrogen and oxygen atoms in total. The maximum Gasteiger partial charge on any atom is 0.244 e. The van der Waals surface area contributed by atoms with Crippen LogP contribution in [0.3, 0.4) is 0 Å². The van der Waals surface area contributed by atoms with Crippen molar-refractivity contribution in [1.29, 1.82) is 0 Å². The third kappa shape index (κ3) is 5.18. The van der Waals surface area contributed by atoms with Crippen LogP contribution < -0.4 is 10.0 Å². The summed E-state index contributed by atoms with van der Waals surface area (Å²) in [6.07, 6.45) is 1.39. The van der Waals surface area contributed by atoms with Crippen LogP contribution in [0.25, 0.3) is 0 Å². The number of carbonyl (C=O) groups is 1. The largest absolute Gasteiger partial charge is 0.381 e. The fourth-order valence-electron chi connectivity index (χ4n) is 3.57. The van der Waals surface area contributed by atoms with E-state index in [1.807, 2.05) is 18.2 Å². The van der Waals surface area contributed by atoms with Gasteiger partial charge in [-0.3, -0.25) is 4.79 Å². The molecule has 2 aromatic carbocycles. The van der Waals surface area contributed by atoms with E-state index < -0.39 is 32.7 Å². The third-order valence-corrected chi connectivity index (χ3v) is 7.15. The first-order valence-corrected chi connectivity index (χ1v) is 11.5. The molecule has 1 aliphatic rings. The molecule has 1 aliphatic heterocycles. The van der Waals surface area contributed by atoms with Gasteiger partial charge >= 0.3 is 0 Å². The fraction of sp³-hybridized carbons (Fsp3) is 0.381. The SMILES string of the molecule is C[C@H](NS(=O)(=O)c1ccccc1F)C(=O)NCC1(c2cccc(Cl)c2)CCOCC1. The molecule has 1 atom stereocenters. The molecule has 30 heavy (non-hydrogen) atoms. The first-order valence-electron chi connectivity index (χ1n) is 9.62. The molecule has 1 amide bonds. The molecule has 1 fully saturated rings. The lowest BCUT2D eigenvalue weighted by Crippen LogP contribution is -2.50. The Kier molecular flexibility index (Phi) is 7.13. The number of hydrogen-bond donors (Lipinski definition) is 2. The minimum atomic E-state index is -4.17. The quantitative estimate of drug-likeness (QED) is 0.673. The van der Waals surface area contributed by atoms with Crippen molar-refractivity contribution in [3.63, 3.8) is 0 Å². The van der Waals surface area contributed by atoms with E-state index in [0.29, 0.717) is 37.6 Å². The van der Waals surface area contributed by atoms with Gasteiger partial charge in [0.2, 0.25) is 15.9 Å². The molecule has 0 radical (unpaired) electrons. The highest BCUT2D eigenvalue weighted by Crippen LogP contribution is 2.35. The second-order valence-electron chi connectivity index (χ2n) is 7.39. The molecule has 3 rings (SSSR count). The molecule has 1 heterocycles. The summed E-state index contributed by atoms with van der Waals surface area (Å²) in [4.78, 5) is 12.1. The Hall–Kier alpha value is -2.00. The van der Waals surface area contributed by atoms with Crippen molar-refractivity contribution >= 4 is 27.5 Å². The van der Waals surface area contributed by atoms with Crippen molar-refractivity contribution in [2.75, 3.05) is 19.8 Å². The van der Waals surface area contributed by atoms with Gasteiger partial charge in [-0.1, -0.05) is 35.9 Å². The summed E-state index contributed by atoms with van der Waals surface area (Å²) in [6, 6.07) is 11.4. The van der Waals surface area contributed by atoms with Crippen LogP contribution in [0.1, 0.15) is 25.3 Å². The van der Waals surface area contributed by atoms with Crippen LogP contribution in [-0.2, 0) is 25.0 Å².